The molecule has 1 aliphatic heterocycles. The van der Waals surface area contributed by atoms with Gasteiger partial charge < -0.3 is 19.5 Å². The van der Waals surface area contributed by atoms with E-state index in [1.54, 1.807) is 6.07 Å². The third-order valence-corrected chi connectivity index (χ3v) is 3.92. The molecule has 2 aromatic rings. The van der Waals surface area contributed by atoms with Crippen molar-refractivity contribution in [3.05, 3.63) is 47.0 Å². The first-order valence-electron chi connectivity index (χ1n) is 7.59. The molecule has 1 aliphatic rings. The first-order chi connectivity index (χ1) is 12.5. The van der Waals surface area contributed by atoms with Gasteiger partial charge in [-0.25, -0.2) is 0 Å². The summed E-state index contributed by atoms with van der Waals surface area (Å²) < 4.78 is 15.7. The van der Waals surface area contributed by atoms with Crippen molar-refractivity contribution in [2.24, 2.45) is 0 Å². The van der Waals surface area contributed by atoms with Crippen molar-refractivity contribution in [3.63, 3.8) is 0 Å². The highest BCUT2D eigenvalue weighted by Crippen LogP contribution is 2.38. The standard InChI is InChI=1S/C18H16N2O6/c1-24-13-6-9(7-14(25-2)15(13)26-3)16(21)19-10-4-5-11-12(8-10)18(23)20-17(11)22/h4-8H,1-3H3,(H,19,21)(H,20,22,23). The van der Waals surface area contributed by atoms with Gasteiger partial charge in [0.05, 0.1) is 32.5 Å². The number of carbonyl (C=O) groups excluding carboxylic acids is 3. The summed E-state index contributed by atoms with van der Waals surface area (Å²) in [5, 5.41) is 4.88. The lowest BCUT2D eigenvalue weighted by atomic mass is 10.1. The fraction of sp³-hybridized carbons (Fsp3) is 0.167. The Morgan fingerprint density at radius 3 is 2.08 bits per heavy atom. The molecule has 0 bridgehead atoms. The van der Waals surface area contributed by atoms with Gasteiger partial charge in [-0.1, -0.05) is 0 Å². The van der Waals surface area contributed by atoms with Gasteiger partial charge in [-0.2, -0.15) is 0 Å². The number of nitrogens with one attached hydrogen (secondary N) is 2. The largest absolute Gasteiger partial charge is 0.493 e. The van der Waals surface area contributed by atoms with Crippen LogP contribution in [0.2, 0.25) is 0 Å². The van der Waals surface area contributed by atoms with E-state index in [9.17, 15) is 14.4 Å². The van der Waals surface area contributed by atoms with E-state index in [1.807, 2.05) is 0 Å². The van der Waals surface area contributed by atoms with Gasteiger partial charge in [0.1, 0.15) is 0 Å². The van der Waals surface area contributed by atoms with E-state index in [0.29, 0.717) is 22.9 Å². The summed E-state index contributed by atoms with van der Waals surface area (Å²) in [6, 6.07) is 7.51. The molecule has 26 heavy (non-hydrogen) atoms. The van der Waals surface area contributed by atoms with Crippen LogP contribution in [0.4, 0.5) is 5.69 Å². The second-order valence-corrected chi connectivity index (χ2v) is 5.41. The molecule has 3 rings (SSSR count). The van der Waals surface area contributed by atoms with Gasteiger partial charge in [-0.15, -0.1) is 0 Å². The number of anilines is 1. The van der Waals surface area contributed by atoms with Crippen LogP contribution >= 0.6 is 0 Å². The number of hydrogen-bond acceptors (Lipinski definition) is 6. The summed E-state index contributed by atoms with van der Waals surface area (Å²) in [4.78, 5) is 35.9. The van der Waals surface area contributed by atoms with E-state index >= 15 is 0 Å². The molecule has 0 saturated carbocycles. The zero-order chi connectivity index (χ0) is 18.8. The quantitative estimate of drug-likeness (QED) is 0.793. The van der Waals surface area contributed by atoms with Gasteiger partial charge in [-0.3, -0.25) is 19.7 Å². The number of imide groups is 1. The van der Waals surface area contributed by atoms with Crippen LogP contribution in [0.3, 0.4) is 0 Å². The monoisotopic (exact) mass is 356 g/mol. The zero-order valence-electron chi connectivity index (χ0n) is 14.3. The number of hydrogen-bond donors (Lipinski definition) is 2. The summed E-state index contributed by atoms with van der Waals surface area (Å²) in [6.07, 6.45) is 0. The highest BCUT2D eigenvalue weighted by atomic mass is 16.5. The van der Waals surface area contributed by atoms with Crippen molar-refractivity contribution in [2.45, 2.75) is 0 Å². The van der Waals surface area contributed by atoms with E-state index in [-0.39, 0.29) is 16.7 Å². The van der Waals surface area contributed by atoms with Crippen LogP contribution < -0.4 is 24.8 Å². The molecule has 0 spiro atoms. The highest BCUT2D eigenvalue weighted by molar-refractivity contribution is 6.22. The number of methoxy groups -OCH3 is 3. The van der Waals surface area contributed by atoms with Gasteiger partial charge in [0, 0.05) is 11.3 Å². The Hall–Kier alpha value is -3.55. The molecule has 134 valence electrons. The molecule has 0 fully saturated rings. The van der Waals surface area contributed by atoms with Crippen LogP contribution in [-0.2, 0) is 0 Å². The molecule has 0 unspecified atom stereocenters. The van der Waals surface area contributed by atoms with E-state index in [4.69, 9.17) is 14.2 Å². The predicted octanol–water partition coefficient (Wildman–Crippen LogP) is 1.85. The first kappa shape index (κ1) is 17.3. The van der Waals surface area contributed by atoms with Crippen LogP contribution in [-0.4, -0.2) is 39.1 Å². The Morgan fingerprint density at radius 2 is 1.50 bits per heavy atom. The van der Waals surface area contributed by atoms with Gasteiger partial charge >= 0.3 is 0 Å². The number of benzene rings is 2. The Bertz CT molecular complexity index is 897. The Labute approximate surface area is 149 Å². The van der Waals surface area contributed by atoms with Crippen LogP contribution in [0.1, 0.15) is 31.1 Å². The molecule has 0 aromatic heterocycles. The van der Waals surface area contributed by atoms with Gasteiger partial charge in [0.25, 0.3) is 17.7 Å². The van der Waals surface area contributed by atoms with Gasteiger partial charge in [0.2, 0.25) is 5.75 Å². The fourth-order valence-electron chi connectivity index (χ4n) is 2.66. The van der Waals surface area contributed by atoms with Crippen molar-refractivity contribution in [2.75, 3.05) is 26.6 Å². The molecular weight excluding hydrogens is 340 g/mol. The average Bonchev–Trinajstić information content (AvgIpc) is 2.93. The highest BCUT2D eigenvalue weighted by Gasteiger charge is 2.27. The van der Waals surface area contributed by atoms with Crippen molar-refractivity contribution < 1.29 is 28.6 Å². The van der Waals surface area contributed by atoms with Crippen molar-refractivity contribution in [1.82, 2.24) is 5.32 Å². The van der Waals surface area contributed by atoms with E-state index in [1.165, 1.54) is 45.6 Å². The third-order valence-electron chi connectivity index (χ3n) is 3.92. The number of amides is 3. The van der Waals surface area contributed by atoms with E-state index < -0.39 is 17.7 Å². The lowest BCUT2D eigenvalue weighted by Crippen LogP contribution is -2.19. The third kappa shape index (κ3) is 2.92. The van der Waals surface area contributed by atoms with Crippen LogP contribution in [0.25, 0.3) is 0 Å². The van der Waals surface area contributed by atoms with Crippen molar-refractivity contribution in [1.29, 1.82) is 0 Å². The first-order valence-corrected chi connectivity index (χ1v) is 7.59. The molecule has 0 atom stereocenters. The Balaban J connectivity index is 1.90. The normalized spacial score (nSPS) is 12.3. The molecule has 2 N–H and O–H groups in total. The summed E-state index contributed by atoms with van der Waals surface area (Å²) in [7, 11) is 4.38. The summed E-state index contributed by atoms with van der Waals surface area (Å²) in [6.45, 7) is 0. The summed E-state index contributed by atoms with van der Waals surface area (Å²) >= 11 is 0. The maximum atomic E-state index is 12.6. The minimum Gasteiger partial charge on any atom is -0.493 e. The zero-order valence-corrected chi connectivity index (χ0v) is 14.3. The second-order valence-electron chi connectivity index (χ2n) is 5.41. The van der Waals surface area contributed by atoms with Crippen LogP contribution in [0.5, 0.6) is 17.2 Å². The minimum atomic E-state index is -0.492. The molecule has 0 aliphatic carbocycles. The fourth-order valence-corrected chi connectivity index (χ4v) is 2.66. The Kier molecular flexibility index (Phi) is 4.49. The lowest BCUT2D eigenvalue weighted by Gasteiger charge is -2.14. The molecule has 2 aromatic carbocycles. The molecule has 0 radical (unpaired) electrons. The van der Waals surface area contributed by atoms with Crippen LogP contribution in [0.15, 0.2) is 30.3 Å². The minimum absolute atomic E-state index is 0.220. The molecule has 8 heteroatoms. The summed E-state index contributed by atoms with van der Waals surface area (Å²) in [5.74, 6) is -0.318. The molecular formula is C18H16N2O6. The number of ether oxygens (including phenoxy) is 3. The molecule has 0 saturated heterocycles. The van der Waals surface area contributed by atoms with Gasteiger partial charge in [-0.05, 0) is 30.3 Å². The predicted molar refractivity (Wildman–Crippen MR) is 92.3 cm³/mol. The topological polar surface area (TPSA) is 103 Å². The molecule has 8 nitrogen and oxygen atoms in total. The smallest absolute Gasteiger partial charge is 0.259 e. The second kappa shape index (κ2) is 6.75. The molecule has 3 amide bonds. The van der Waals surface area contributed by atoms with E-state index in [2.05, 4.69) is 10.6 Å². The summed E-state index contributed by atoms with van der Waals surface area (Å²) in [5.41, 5.74) is 1.16. The maximum absolute atomic E-state index is 12.6. The van der Waals surface area contributed by atoms with E-state index in [0.717, 1.165) is 0 Å². The van der Waals surface area contributed by atoms with Crippen molar-refractivity contribution in [3.8, 4) is 17.2 Å². The maximum Gasteiger partial charge on any atom is 0.259 e. The van der Waals surface area contributed by atoms with Crippen molar-refractivity contribution >= 4 is 23.4 Å². The number of rotatable bonds is 5. The van der Waals surface area contributed by atoms with Gasteiger partial charge in [0.15, 0.2) is 11.5 Å². The number of fused-ring (bicyclic) bond motifs is 1. The SMILES string of the molecule is COc1cc(C(=O)Nc2ccc3c(c2)C(=O)NC3=O)cc(OC)c1OC. The number of carbonyl (C=O) groups is 3. The lowest BCUT2D eigenvalue weighted by molar-refractivity contribution is 0.0878. The van der Waals surface area contributed by atoms with Crippen LogP contribution in [0, 0.1) is 0 Å². The Morgan fingerprint density at radius 1 is 0.885 bits per heavy atom. The average molecular weight is 356 g/mol. The molecule has 1 heterocycles.